The van der Waals surface area contributed by atoms with Gasteiger partial charge in [-0.3, -0.25) is 9.13 Å². The van der Waals surface area contributed by atoms with Crippen molar-refractivity contribution in [3.63, 3.8) is 0 Å². The lowest BCUT2D eigenvalue weighted by molar-refractivity contribution is 0.583. The first-order valence-electron chi connectivity index (χ1n) is 8.05. The van der Waals surface area contributed by atoms with Gasteiger partial charge in [-0.25, -0.2) is 14.2 Å². The summed E-state index contributed by atoms with van der Waals surface area (Å²) in [6.45, 7) is 0. The maximum absolute atomic E-state index is 13.0. The van der Waals surface area contributed by atoms with Gasteiger partial charge >= 0.3 is 5.69 Å². The van der Waals surface area contributed by atoms with Crippen molar-refractivity contribution in [1.29, 1.82) is 0 Å². The molecule has 2 heterocycles. The van der Waals surface area contributed by atoms with Crippen molar-refractivity contribution in [3.05, 3.63) is 56.3 Å². The van der Waals surface area contributed by atoms with Crippen LogP contribution in [-0.2, 0) is 26.9 Å². The topological polar surface area (TPSA) is 39.3 Å². The molecule has 3 rings (SSSR count). The minimum Gasteiger partial charge on any atom is -0.287 e. The van der Waals surface area contributed by atoms with Crippen molar-refractivity contribution in [2.24, 2.45) is 25.0 Å². The van der Waals surface area contributed by atoms with Crippen LogP contribution < -0.4 is 5.69 Å². The zero-order valence-electron chi connectivity index (χ0n) is 13.8. The normalized spacial score (nSPS) is 16.7. The van der Waals surface area contributed by atoms with Gasteiger partial charge in [-0.15, -0.1) is 0 Å². The van der Waals surface area contributed by atoms with E-state index in [0.717, 1.165) is 36.8 Å². The molecular weight excluding hydrogens is 325 g/mol. The second kappa shape index (κ2) is 6.81. The molecule has 0 bridgehead atoms. The lowest BCUT2D eigenvalue weighted by Gasteiger charge is -2.12. The van der Waals surface area contributed by atoms with Crippen molar-refractivity contribution in [2.45, 2.75) is 25.7 Å². The number of aryl methyl sites for hydroxylation is 1. The van der Waals surface area contributed by atoms with Gasteiger partial charge in [0.1, 0.15) is 16.3 Å². The highest BCUT2D eigenvalue weighted by molar-refractivity contribution is 7.71. The predicted molar refractivity (Wildman–Crippen MR) is 96.2 cm³/mol. The van der Waals surface area contributed by atoms with E-state index in [9.17, 15) is 9.18 Å². The Morgan fingerprint density at radius 1 is 1.25 bits per heavy atom. The van der Waals surface area contributed by atoms with Crippen LogP contribution in [0.15, 0.2) is 34.1 Å². The summed E-state index contributed by atoms with van der Waals surface area (Å²) in [5.41, 5.74) is 1.94. The van der Waals surface area contributed by atoms with Gasteiger partial charge in [0, 0.05) is 25.9 Å². The molecule has 1 aromatic carbocycles. The minimum absolute atomic E-state index is 0.152. The maximum Gasteiger partial charge on any atom is 0.330 e. The summed E-state index contributed by atoms with van der Waals surface area (Å²) in [6.07, 6.45) is 5.50. The number of hydrogen-bond donors (Lipinski definition) is 0. The zero-order chi connectivity index (χ0) is 17.3. The van der Waals surface area contributed by atoms with Gasteiger partial charge < -0.3 is 0 Å². The van der Waals surface area contributed by atoms with Crippen LogP contribution in [0.3, 0.4) is 0 Å². The quantitative estimate of drug-likeness (QED) is 0.799. The molecule has 1 atom stereocenters. The Bertz CT molecular complexity index is 896. The molecule has 1 aliphatic rings. The Morgan fingerprint density at radius 2 is 1.96 bits per heavy atom. The monoisotopic (exact) mass is 345 g/mol. The SMILES string of the molecule is Cn1c2c(c(=S)n(C)c1=O)CCC(CCc1ccc(F)cc1)C=N2. The Kier molecular flexibility index (Phi) is 4.76. The van der Waals surface area contributed by atoms with Crippen molar-refractivity contribution in [3.8, 4) is 0 Å². The van der Waals surface area contributed by atoms with E-state index in [-0.39, 0.29) is 11.5 Å². The van der Waals surface area contributed by atoms with E-state index in [4.69, 9.17) is 12.2 Å². The number of hydrogen-bond acceptors (Lipinski definition) is 3. The van der Waals surface area contributed by atoms with Crippen LogP contribution in [0.25, 0.3) is 0 Å². The molecule has 0 amide bonds. The number of aromatic nitrogens is 2. The van der Waals surface area contributed by atoms with Crippen LogP contribution in [0.5, 0.6) is 0 Å². The second-order valence-corrected chi connectivity index (χ2v) is 6.64. The molecular formula is C18H20FN3OS. The van der Waals surface area contributed by atoms with E-state index in [1.807, 2.05) is 18.3 Å². The largest absolute Gasteiger partial charge is 0.330 e. The molecule has 0 fully saturated rings. The zero-order valence-corrected chi connectivity index (χ0v) is 14.6. The molecule has 126 valence electrons. The van der Waals surface area contributed by atoms with E-state index in [2.05, 4.69) is 4.99 Å². The molecule has 0 saturated heterocycles. The van der Waals surface area contributed by atoms with Gasteiger partial charge in [-0.2, -0.15) is 0 Å². The Labute approximate surface area is 145 Å². The number of benzene rings is 1. The predicted octanol–water partition coefficient (Wildman–Crippen LogP) is 3.49. The summed E-state index contributed by atoms with van der Waals surface area (Å²) in [6, 6.07) is 6.63. The summed E-state index contributed by atoms with van der Waals surface area (Å²) in [5.74, 6) is 0.779. The van der Waals surface area contributed by atoms with E-state index in [1.165, 1.54) is 16.7 Å². The molecule has 4 nitrogen and oxygen atoms in total. The van der Waals surface area contributed by atoms with Gasteiger partial charge in [-0.1, -0.05) is 24.4 Å². The van der Waals surface area contributed by atoms with E-state index < -0.39 is 0 Å². The molecule has 1 aromatic heterocycles. The Hall–Kier alpha value is -2.08. The number of fused-ring (bicyclic) bond motifs is 1. The van der Waals surface area contributed by atoms with Gasteiger partial charge in [0.05, 0.1) is 0 Å². The number of nitrogens with zero attached hydrogens (tertiary/aromatic N) is 3. The van der Waals surface area contributed by atoms with Gasteiger partial charge in [0.25, 0.3) is 0 Å². The fraction of sp³-hybridized carbons (Fsp3) is 0.389. The molecule has 0 radical (unpaired) electrons. The first kappa shape index (κ1) is 16.8. The molecule has 1 unspecified atom stereocenters. The van der Waals surface area contributed by atoms with Crippen molar-refractivity contribution >= 4 is 24.3 Å². The third-order valence-corrected chi connectivity index (χ3v) is 5.13. The lowest BCUT2D eigenvalue weighted by Crippen LogP contribution is -2.28. The molecule has 2 aromatic rings. The van der Waals surface area contributed by atoms with Crippen molar-refractivity contribution < 1.29 is 4.39 Å². The third-order valence-electron chi connectivity index (χ3n) is 4.61. The van der Waals surface area contributed by atoms with Crippen LogP contribution in [-0.4, -0.2) is 15.3 Å². The smallest absolute Gasteiger partial charge is 0.287 e. The van der Waals surface area contributed by atoms with E-state index in [1.54, 1.807) is 18.7 Å². The average molecular weight is 345 g/mol. The Morgan fingerprint density at radius 3 is 2.67 bits per heavy atom. The number of halogens is 1. The van der Waals surface area contributed by atoms with Crippen molar-refractivity contribution in [2.75, 3.05) is 0 Å². The van der Waals surface area contributed by atoms with E-state index >= 15 is 0 Å². The molecule has 24 heavy (non-hydrogen) atoms. The standard InChI is InChI=1S/C18H20FN3OS/c1-21-16-15(17(24)22(2)18(21)23)10-7-13(11-20-16)4-3-12-5-8-14(19)9-6-12/h5-6,8-9,11,13H,3-4,7,10H2,1-2H3. The van der Waals surface area contributed by atoms with Gasteiger partial charge in [0.2, 0.25) is 0 Å². The first-order valence-corrected chi connectivity index (χ1v) is 8.45. The molecule has 6 heteroatoms. The summed E-state index contributed by atoms with van der Waals surface area (Å²) < 4.78 is 16.6. The summed E-state index contributed by atoms with van der Waals surface area (Å²) in [7, 11) is 3.43. The van der Waals surface area contributed by atoms with Crippen LogP contribution in [0.1, 0.15) is 24.0 Å². The average Bonchev–Trinajstić information content (AvgIpc) is 2.80. The minimum atomic E-state index is -0.211. The maximum atomic E-state index is 13.0. The van der Waals surface area contributed by atoms with Gasteiger partial charge in [-0.05, 0) is 49.3 Å². The molecule has 0 N–H and O–H groups in total. The highest BCUT2D eigenvalue weighted by Crippen LogP contribution is 2.26. The Balaban J connectivity index is 1.79. The highest BCUT2D eigenvalue weighted by Gasteiger charge is 2.18. The third kappa shape index (κ3) is 3.24. The molecule has 0 spiro atoms. The molecule has 1 aliphatic heterocycles. The van der Waals surface area contributed by atoms with Crippen LogP contribution in [0, 0.1) is 16.4 Å². The fourth-order valence-electron chi connectivity index (χ4n) is 3.09. The van der Waals surface area contributed by atoms with Gasteiger partial charge in [0.15, 0.2) is 0 Å². The fourth-order valence-corrected chi connectivity index (χ4v) is 3.36. The summed E-state index contributed by atoms with van der Waals surface area (Å²) in [5, 5.41) is 0. The first-order chi connectivity index (χ1) is 11.5. The highest BCUT2D eigenvalue weighted by atomic mass is 32.1. The summed E-state index contributed by atoms with van der Waals surface area (Å²) >= 11 is 5.42. The molecule has 0 aliphatic carbocycles. The number of rotatable bonds is 3. The van der Waals surface area contributed by atoms with Crippen LogP contribution in [0.4, 0.5) is 10.2 Å². The van der Waals surface area contributed by atoms with Crippen LogP contribution >= 0.6 is 12.2 Å². The van der Waals surface area contributed by atoms with Crippen molar-refractivity contribution in [1.82, 2.24) is 9.13 Å². The lowest BCUT2D eigenvalue weighted by atomic mass is 9.95. The summed E-state index contributed by atoms with van der Waals surface area (Å²) in [4.78, 5) is 16.7. The molecule has 0 saturated carbocycles. The van der Waals surface area contributed by atoms with Crippen LogP contribution in [0.2, 0.25) is 0 Å². The van der Waals surface area contributed by atoms with E-state index in [0.29, 0.717) is 16.4 Å². The second-order valence-electron chi connectivity index (χ2n) is 6.25. The number of aliphatic imine (C=N–C) groups is 1.